The second kappa shape index (κ2) is 7.79. The molecule has 0 aliphatic rings. The lowest BCUT2D eigenvalue weighted by Crippen LogP contribution is -2.20. The Kier molecular flexibility index (Phi) is 6.36. The van der Waals surface area contributed by atoms with Crippen molar-refractivity contribution >= 4 is 6.16 Å². The van der Waals surface area contributed by atoms with Gasteiger partial charge in [0, 0.05) is 0 Å². The van der Waals surface area contributed by atoms with Crippen molar-refractivity contribution in [2.24, 2.45) is 0 Å². The summed E-state index contributed by atoms with van der Waals surface area (Å²) in [5.41, 5.74) is 0.980. The molecule has 0 aliphatic heterocycles. The SMILES string of the molecule is CC(C)OC(=O)OCC(OC(C)C)c1ccccc1. The minimum Gasteiger partial charge on any atom is -0.432 e. The number of rotatable bonds is 6. The molecular formula is C15H22O4. The average Bonchev–Trinajstić information content (AvgIpc) is 2.34. The summed E-state index contributed by atoms with van der Waals surface area (Å²) < 4.78 is 15.8. The largest absolute Gasteiger partial charge is 0.508 e. The van der Waals surface area contributed by atoms with E-state index < -0.39 is 6.16 Å². The van der Waals surface area contributed by atoms with Crippen molar-refractivity contribution in [3.05, 3.63) is 35.9 Å². The number of ether oxygens (including phenoxy) is 3. The van der Waals surface area contributed by atoms with E-state index in [2.05, 4.69) is 0 Å². The summed E-state index contributed by atoms with van der Waals surface area (Å²) in [6, 6.07) is 9.69. The van der Waals surface area contributed by atoms with Crippen molar-refractivity contribution in [3.8, 4) is 0 Å². The van der Waals surface area contributed by atoms with E-state index in [-0.39, 0.29) is 24.9 Å². The van der Waals surface area contributed by atoms with Gasteiger partial charge < -0.3 is 14.2 Å². The molecule has 0 aromatic heterocycles. The maximum absolute atomic E-state index is 11.4. The van der Waals surface area contributed by atoms with E-state index in [9.17, 15) is 4.79 Å². The van der Waals surface area contributed by atoms with Crippen molar-refractivity contribution in [1.82, 2.24) is 0 Å². The number of benzene rings is 1. The molecule has 0 aliphatic carbocycles. The molecule has 4 heteroatoms. The molecule has 4 nitrogen and oxygen atoms in total. The summed E-state index contributed by atoms with van der Waals surface area (Å²) in [7, 11) is 0. The highest BCUT2D eigenvalue weighted by Gasteiger charge is 2.17. The third-order valence-electron chi connectivity index (χ3n) is 2.29. The summed E-state index contributed by atoms with van der Waals surface area (Å²) in [5.74, 6) is 0. The van der Waals surface area contributed by atoms with Crippen LogP contribution in [0.4, 0.5) is 4.79 Å². The van der Waals surface area contributed by atoms with E-state index in [4.69, 9.17) is 14.2 Å². The quantitative estimate of drug-likeness (QED) is 0.736. The molecule has 0 heterocycles. The summed E-state index contributed by atoms with van der Waals surface area (Å²) in [6.45, 7) is 7.60. The van der Waals surface area contributed by atoms with E-state index in [0.29, 0.717) is 0 Å². The first-order valence-corrected chi connectivity index (χ1v) is 6.53. The number of hydrogen-bond donors (Lipinski definition) is 0. The third kappa shape index (κ3) is 6.25. The lowest BCUT2D eigenvalue weighted by molar-refractivity contribution is -0.0467. The molecule has 19 heavy (non-hydrogen) atoms. The van der Waals surface area contributed by atoms with Gasteiger partial charge in [0.1, 0.15) is 12.7 Å². The van der Waals surface area contributed by atoms with Gasteiger partial charge in [0.25, 0.3) is 0 Å². The van der Waals surface area contributed by atoms with Crippen LogP contribution in [0.2, 0.25) is 0 Å². The van der Waals surface area contributed by atoms with Gasteiger partial charge in [0.2, 0.25) is 0 Å². The Hall–Kier alpha value is -1.55. The Bertz CT molecular complexity index is 373. The molecule has 0 amide bonds. The summed E-state index contributed by atoms with van der Waals surface area (Å²) >= 11 is 0. The summed E-state index contributed by atoms with van der Waals surface area (Å²) in [5, 5.41) is 0. The molecular weight excluding hydrogens is 244 g/mol. The lowest BCUT2D eigenvalue weighted by Gasteiger charge is -2.20. The van der Waals surface area contributed by atoms with Crippen LogP contribution in [-0.4, -0.2) is 25.0 Å². The van der Waals surface area contributed by atoms with Gasteiger partial charge in [-0.2, -0.15) is 0 Å². The molecule has 1 atom stereocenters. The second-order valence-electron chi connectivity index (χ2n) is 4.81. The maximum Gasteiger partial charge on any atom is 0.508 e. The van der Waals surface area contributed by atoms with Gasteiger partial charge in [-0.05, 0) is 33.3 Å². The topological polar surface area (TPSA) is 44.8 Å². The smallest absolute Gasteiger partial charge is 0.432 e. The van der Waals surface area contributed by atoms with E-state index >= 15 is 0 Å². The molecule has 106 valence electrons. The van der Waals surface area contributed by atoms with Crippen molar-refractivity contribution in [2.75, 3.05) is 6.61 Å². The fraction of sp³-hybridized carbons (Fsp3) is 0.533. The van der Waals surface area contributed by atoms with Crippen LogP contribution in [-0.2, 0) is 14.2 Å². The lowest BCUT2D eigenvalue weighted by atomic mass is 10.1. The van der Waals surface area contributed by atoms with Crippen LogP contribution < -0.4 is 0 Å². The van der Waals surface area contributed by atoms with Gasteiger partial charge in [0.15, 0.2) is 0 Å². The highest BCUT2D eigenvalue weighted by atomic mass is 16.7. The molecule has 0 spiro atoms. The van der Waals surface area contributed by atoms with Crippen LogP contribution in [0.3, 0.4) is 0 Å². The Morgan fingerprint density at radius 1 is 1.05 bits per heavy atom. The van der Waals surface area contributed by atoms with Gasteiger partial charge in [0.05, 0.1) is 12.2 Å². The highest BCUT2D eigenvalue weighted by molar-refractivity contribution is 5.60. The second-order valence-corrected chi connectivity index (χ2v) is 4.81. The van der Waals surface area contributed by atoms with Crippen molar-refractivity contribution < 1.29 is 19.0 Å². The fourth-order valence-electron chi connectivity index (χ4n) is 1.58. The summed E-state index contributed by atoms with van der Waals surface area (Å²) in [4.78, 5) is 11.4. The molecule has 0 radical (unpaired) electrons. The predicted molar refractivity (Wildman–Crippen MR) is 73.0 cm³/mol. The minimum atomic E-state index is -0.664. The summed E-state index contributed by atoms with van der Waals surface area (Å²) in [6.07, 6.45) is -1.08. The van der Waals surface area contributed by atoms with Crippen LogP contribution in [0.5, 0.6) is 0 Å². The molecule has 1 rings (SSSR count). The van der Waals surface area contributed by atoms with Gasteiger partial charge in [-0.3, -0.25) is 0 Å². The van der Waals surface area contributed by atoms with Gasteiger partial charge in [-0.1, -0.05) is 30.3 Å². The van der Waals surface area contributed by atoms with E-state index in [0.717, 1.165) is 5.56 Å². The molecule has 0 fully saturated rings. The Balaban J connectivity index is 2.58. The zero-order valence-corrected chi connectivity index (χ0v) is 12.0. The van der Waals surface area contributed by atoms with Crippen molar-refractivity contribution in [1.29, 1.82) is 0 Å². The van der Waals surface area contributed by atoms with Crippen molar-refractivity contribution in [2.45, 2.75) is 46.0 Å². The normalized spacial score (nSPS) is 12.5. The monoisotopic (exact) mass is 266 g/mol. The van der Waals surface area contributed by atoms with E-state index in [1.54, 1.807) is 13.8 Å². The van der Waals surface area contributed by atoms with Gasteiger partial charge >= 0.3 is 6.16 Å². The fourth-order valence-corrected chi connectivity index (χ4v) is 1.58. The predicted octanol–water partition coefficient (Wildman–Crippen LogP) is 3.71. The van der Waals surface area contributed by atoms with Gasteiger partial charge in [-0.15, -0.1) is 0 Å². The van der Waals surface area contributed by atoms with Crippen molar-refractivity contribution in [3.63, 3.8) is 0 Å². The zero-order chi connectivity index (χ0) is 14.3. The standard InChI is InChI=1S/C15H22O4/c1-11(2)18-14(13-8-6-5-7-9-13)10-17-15(16)19-12(3)4/h5-9,11-12,14H,10H2,1-4H3. The molecule has 0 N–H and O–H groups in total. The van der Waals surface area contributed by atoms with Crippen LogP contribution >= 0.6 is 0 Å². The number of carbonyl (C=O) groups is 1. The van der Waals surface area contributed by atoms with Crippen LogP contribution in [0.1, 0.15) is 39.4 Å². The molecule has 1 aromatic carbocycles. The van der Waals surface area contributed by atoms with E-state index in [1.165, 1.54) is 0 Å². The minimum absolute atomic E-state index is 0.0509. The Morgan fingerprint density at radius 3 is 2.21 bits per heavy atom. The highest BCUT2D eigenvalue weighted by Crippen LogP contribution is 2.19. The Morgan fingerprint density at radius 2 is 1.68 bits per heavy atom. The number of hydrogen-bond acceptors (Lipinski definition) is 4. The van der Waals surface area contributed by atoms with Crippen LogP contribution in [0.25, 0.3) is 0 Å². The van der Waals surface area contributed by atoms with Crippen LogP contribution in [0, 0.1) is 0 Å². The molecule has 1 unspecified atom stereocenters. The molecule has 0 saturated heterocycles. The Labute approximate surface area is 114 Å². The molecule has 0 saturated carbocycles. The first-order valence-electron chi connectivity index (χ1n) is 6.53. The zero-order valence-electron chi connectivity index (χ0n) is 12.0. The third-order valence-corrected chi connectivity index (χ3v) is 2.29. The molecule has 1 aromatic rings. The first kappa shape index (κ1) is 15.5. The molecule has 0 bridgehead atoms. The number of carbonyl (C=O) groups excluding carboxylic acids is 1. The maximum atomic E-state index is 11.4. The average molecular weight is 266 g/mol. The van der Waals surface area contributed by atoms with Gasteiger partial charge in [-0.25, -0.2) is 4.79 Å². The van der Waals surface area contributed by atoms with Crippen LogP contribution in [0.15, 0.2) is 30.3 Å². The van der Waals surface area contributed by atoms with E-state index in [1.807, 2.05) is 44.2 Å². The first-order chi connectivity index (χ1) is 8.99.